The maximum absolute atomic E-state index is 9.27. The third kappa shape index (κ3) is 4.78. The summed E-state index contributed by atoms with van der Waals surface area (Å²) in [5.41, 5.74) is 0. The molecule has 0 aromatic carbocycles. The summed E-state index contributed by atoms with van der Waals surface area (Å²) in [5.74, 6) is 0. The predicted molar refractivity (Wildman–Crippen MR) is 2.46 cm³/mol. The van der Waals surface area contributed by atoms with Gasteiger partial charge in [0.15, 0.2) is 0 Å². The minimum atomic E-state index is -3.19. The van der Waals surface area contributed by atoms with Crippen LogP contribution in [0.25, 0.3) is 0 Å². The standard InChI is InChI=1S/3O.Os.V. The Balaban J connectivity index is 3.23. The van der Waals surface area contributed by atoms with Gasteiger partial charge in [0.05, 0.1) is 0 Å². The van der Waals surface area contributed by atoms with Crippen LogP contribution < -0.4 is 0 Å². The van der Waals surface area contributed by atoms with Crippen molar-refractivity contribution in [1.82, 2.24) is 0 Å². The van der Waals surface area contributed by atoms with Crippen LogP contribution in [0.1, 0.15) is 0 Å². The average Bonchev–Trinajstić information content (AvgIpc) is 1.38. The molecule has 0 aromatic heterocycles. The molecule has 0 radical (unpaired) electrons. The Hall–Kier alpha value is 0.781. The first-order valence-corrected chi connectivity index (χ1v) is 3.44. The molecule has 0 heterocycles. The number of hydrogen-bond acceptors (Lipinski definition) is 3. The Labute approximate surface area is 44.4 Å². The van der Waals surface area contributed by atoms with Crippen LogP contribution in [0, 0.1) is 0 Å². The fourth-order valence-electron chi connectivity index (χ4n) is 0. The second kappa shape index (κ2) is 2.99. The van der Waals surface area contributed by atoms with Crippen molar-refractivity contribution in [3.05, 3.63) is 0 Å². The molecule has 5 heteroatoms. The molecule has 0 spiro atoms. The number of hydrogen-bond donors (Lipinski definition) is 0. The van der Waals surface area contributed by atoms with Gasteiger partial charge in [-0.1, -0.05) is 0 Å². The van der Waals surface area contributed by atoms with Gasteiger partial charge in [0.25, 0.3) is 0 Å². The predicted octanol–water partition coefficient (Wildman–Crippen LogP) is -0.311. The van der Waals surface area contributed by atoms with Gasteiger partial charge in [-0.3, -0.25) is 0 Å². The van der Waals surface area contributed by atoms with E-state index in [0.29, 0.717) is 0 Å². The Morgan fingerprint density at radius 3 is 1.80 bits per heavy atom. The van der Waals surface area contributed by atoms with Crippen molar-refractivity contribution in [2.45, 2.75) is 0 Å². The quantitative estimate of drug-likeness (QED) is 0.665. The maximum atomic E-state index is 9.27. The molecule has 0 aromatic rings. The van der Waals surface area contributed by atoms with E-state index in [4.69, 9.17) is 0 Å². The molecular formula is O3OsV. The Bertz CT molecular complexity index is 65.0. The molecule has 0 bridgehead atoms. The molecule has 0 amide bonds. The normalized spacial score (nSPS) is 7.40. The monoisotopic (exact) mass is 291 g/mol. The summed E-state index contributed by atoms with van der Waals surface area (Å²) >= 11 is -2.22. The molecule has 3 nitrogen and oxygen atoms in total. The minimum absolute atomic E-state index is 0.974. The Kier molecular flexibility index (Phi) is 3.46. The molecule has 5 heavy (non-hydrogen) atoms. The van der Waals surface area contributed by atoms with E-state index in [-0.39, 0.29) is 0 Å². The molecule has 0 unspecified atom stereocenters. The van der Waals surface area contributed by atoms with Gasteiger partial charge in [-0.25, -0.2) is 0 Å². The second-order valence-corrected chi connectivity index (χ2v) is 3.10. The van der Waals surface area contributed by atoms with Gasteiger partial charge in [0.2, 0.25) is 0 Å². The van der Waals surface area contributed by atoms with Gasteiger partial charge in [0, 0.05) is 0 Å². The van der Waals surface area contributed by atoms with Gasteiger partial charge in [0.1, 0.15) is 0 Å². The van der Waals surface area contributed by atoms with Crippen LogP contribution in [0.4, 0.5) is 0 Å². The van der Waals surface area contributed by atoms with Crippen molar-refractivity contribution in [2.24, 2.45) is 0 Å². The van der Waals surface area contributed by atoms with Crippen molar-refractivity contribution in [3.63, 3.8) is 0 Å². The van der Waals surface area contributed by atoms with Gasteiger partial charge < -0.3 is 0 Å². The topological polar surface area (TPSA) is 43.4 Å². The van der Waals surface area contributed by atoms with E-state index in [2.05, 4.69) is 2.45 Å². The molecule has 0 aliphatic heterocycles. The van der Waals surface area contributed by atoms with Crippen LogP contribution in [0.3, 0.4) is 0 Å². The first-order chi connectivity index (χ1) is 2.27. The van der Waals surface area contributed by atoms with E-state index >= 15 is 0 Å². The molecular weight excluding hydrogens is 289 g/mol. The van der Waals surface area contributed by atoms with Crippen LogP contribution in [0.15, 0.2) is 0 Å². The SMILES string of the molecule is [O]=[V](=[O])[O][Os]. The number of rotatable bonds is 1. The van der Waals surface area contributed by atoms with E-state index in [0.717, 1.165) is 19.0 Å². The molecule has 0 aliphatic rings. The van der Waals surface area contributed by atoms with E-state index < -0.39 is 15.4 Å². The van der Waals surface area contributed by atoms with Crippen LogP contribution >= 0.6 is 0 Å². The van der Waals surface area contributed by atoms with Crippen LogP contribution in [-0.2, 0) is 44.2 Å². The van der Waals surface area contributed by atoms with E-state index in [1.54, 1.807) is 0 Å². The summed E-state index contributed by atoms with van der Waals surface area (Å²) in [6.07, 6.45) is 0. The Morgan fingerprint density at radius 2 is 1.80 bits per heavy atom. The van der Waals surface area contributed by atoms with Crippen LogP contribution in [-0.4, -0.2) is 0 Å². The van der Waals surface area contributed by atoms with Crippen molar-refractivity contribution < 1.29 is 44.2 Å². The average molecular weight is 289 g/mol. The summed E-state index contributed by atoms with van der Waals surface area (Å²) in [7, 11) is 0. The van der Waals surface area contributed by atoms with Crippen molar-refractivity contribution in [1.29, 1.82) is 0 Å². The fourth-order valence-corrected chi connectivity index (χ4v) is 0. The van der Waals surface area contributed by atoms with Gasteiger partial charge in [-0.05, 0) is 0 Å². The summed E-state index contributed by atoms with van der Waals surface area (Å²) in [6, 6.07) is 0. The fraction of sp³-hybridized carbons (Fsp3) is 0. The van der Waals surface area contributed by atoms with Crippen molar-refractivity contribution >= 4 is 0 Å². The molecule has 0 saturated carbocycles. The molecule has 0 N–H and O–H groups in total. The molecule has 0 fully saturated rings. The third-order valence-corrected chi connectivity index (χ3v) is 1.78. The molecule has 0 aliphatic carbocycles. The van der Waals surface area contributed by atoms with Crippen LogP contribution in [0.2, 0.25) is 0 Å². The van der Waals surface area contributed by atoms with E-state index in [1.165, 1.54) is 0 Å². The van der Waals surface area contributed by atoms with E-state index in [1.807, 2.05) is 0 Å². The zero-order valence-corrected chi connectivity index (χ0v) is 5.96. The zero-order valence-electron chi connectivity index (χ0n) is 2.03. The zero-order chi connectivity index (χ0) is 4.28. The molecule has 31 valence electrons. The van der Waals surface area contributed by atoms with Gasteiger partial charge >= 0.3 is 44.2 Å². The summed E-state index contributed by atoms with van der Waals surface area (Å²) in [5, 5.41) is 0. The van der Waals surface area contributed by atoms with E-state index in [9.17, 15) is 7.35 Å². The molecule has 0 saturated heterocycles. The van der Waals surface area contributed by atoms with Crippen molar-refractivity contribution in [3.8, 4) is 0 Å². The molecule has 0 rings (SSSR count). The summed E-state index contributed by atoms with van der Waals surface area (Å²) in [6.45, 7) is 0. The third-order valence-electron chi connectivity index (χ3n) is 0.0527. The van der Waals surface area contributed by atoms with Crippen LogP contribution in [0.5, 0.6) is 0 Å². The van der Waals surface area contributed by atoms with Crippen molar-refractivity contribution in [2.75, 3.05) is 0 Å². The first kappa shape index (κ1) is 5.78. The first-order valence-electron chi connectivity index (χ1n) is 0.692. The van der Waals surface area contributed by atoms with Gasteiger partial charge in [-0.15, -0.1) is 0 Å². The summed E-state index contributed by atoms with van der Waals surface area (Å²) in [4.78, 5) is 0. The second-order valence-electron chi connectivity index (χ2n) is 0.288. The Morgan fingerprint density at radius 1 is 1.60 bits per heavy atom. The molecule has 0 atom stereocenters. The van der Waals surface area contributed by atoms with Gasteiger partial charge in [-0.2, -0.15) is 0 Å². The summed E-state index contributed by atoms with van der Waals surface area (Å²) < 4.78 is 22.4.